The first-order valence-electron chi connectivity index (χ1n) is 7.85. The molecule has 0 saturated heterocycles. The van der Waals surface area contributed by atoms with Crippen LogP contribution in [0, 0.1) is 5.82 Å². The van der Waals surface area contributed by atoms with Crippen molar-refractivity contribution < 1.29 is 9.18 Å². The Balaban J connectivity index is 1.74. The molecule has 0 aliphatic heterocycles. The number of carbonyl (C=O) groups is 1. The zero-order valence-corrected chi connectivity index (χ0v) is 14.5. The Morgan fingerprint density at radius 2 is 2.04 bits per heavy atom. The fourth-order valence-corrected chi connectivity index (χ4v) is 2.77. The molecule has 1 aromatic carbocycles. The number of aromatic nitrogens is 4. The molecule has 0 radical (unpaired) electrons. The molecule has 9 heteroatoms. The fraction of sp³-hybridized carbons (Fsp3) is 0. The maximum absolute atomic E-state index is 14.3. The van der Waals surface area contributed by atoms with Crippen LogP contribution < -0.4 is 11.1 Å². The molecule has 27 heavy (non-hydrogen) atoms. The van der Waals surface area contributed by atoms with Gasteiger partial charge in [-0.05, 0) is 30.3 Å². The van der Waals surface area contributed by atoms with Crippen molar-refractivity contribution in [2.75, 3.05) is 11.1 Å². The van der Waals surface area contributed by atoms with Gasteiger partial charge in [0, 0.05) is 23.5 Å². The Bertz CT molecular complexity index is 1180. The van der Waals surface area contributed by atoms with E-state index < -0.39 is 11.7 Å². The van der Waals surface area contributed by atoms with E-state index in [1.54, 1.807) is 30.3 Å². The summed E-state index contributed by atoms with van der Waals surface area (Å²) in [6.45, 7) is 0. The third-order valence-electron chi connectivity index (χ3n) is 3.86. The predicted molar refractivity (Wildman–Crippen MR) is 100.0 cm³/mol. The van der Waals surface area contributed by atoms with E-state index in [1.165, 1.54) is 29.0 Å². The summed E-state index contributed by atoms with van der Waals surface area (Å²) >= 11 is 5.84. The van der Waals surface area contributed by atoms with Gasteiger partial charge in [-0.1, -0.05) is 17.7 Å². The summed E-state index contributed by atoms with van der Waals surface area (Å²) in [6, 6.07) is 11.0. The van der Waals surface area contributed by atoms with E-state index in [-0.39, 0.29) is 22.1 Å². The number of nitrogens with one attached hydrogen (secondary N) is 1. The van der Waals surface area contributed by atoms with Gasteiger partial charge in [-0.15, -0.1) is 0 Å². The number of halogens is 2. The van der Waals surface area contributed by atoms with Crippen molar-refractivity contribution in [1.29, 1.82) is 0 Å². The molecular weight excluding hydrogens is 371 g/mol. The molecule has 0 spiro atoms. The van der Waals surface area contributed by atoms with Gasteiger partial charge in [0.2, 0.25) is 0 Å². The highest BCUT2D eigenvalue weighted by atomic mass is 35.5. The molecule has 4 aromatic rings. The van der Waals surface area contributed by atoms with Crippen LogP contribution in [0.15, 0.2) is 54.9 Å². The van der Waals surface area contributed by atoms with Crippen LogP contribution in [0.1, 0.15) is 10.5 Å². The monoisotopic (exact) mass is 382 g/mol. The summed E-state index contributed by atoms with van der Waals surface area (Å²) in [5.41, 5.74) is 7.28. The molecule has 7 nitrogen and oxygen atoms in total. The molecular formula is C18H12ClFN6O. The van der Waals surface area contributed by atoms with E-state index in [2.05, 4.69) is 20.4 Å². The molecule has 0 atom stereocenters. The largest absolute Gasteiger partial charge is 0.384 e. The summed E-state index contributed by atoms with van der Waals surface area (Å²) < 4.78 is 15.6. The van der Waals surface area contributed by atoms with Crippen molar-refractivity contribution in [2.24, 2.45) is 0 Å². The number of amides is 1. The minimum atomic E-state index is -0.579. The molecule has 3 aromatic heterocycles. The van der Waals surface area contributed by atoms with Crippen molar-refractivity contribution in [1.82, 2.24) is 19.6 Å². The molecule has 1 amide bonds. The summed E-state index contributed by atoms with van der Waals surface area (Å²) in [5.74, 6) is -0.739. The quantitative estimate of drug-likeness (QED) is 0.565. The number of imidazole rings is 1. The molecule has 0 unspecified atom stereocenters. The lowest BCUT2D eigenvalue weighted by atomic mass is 10.1. The van der Waals surface area contributed by atoms with Crippen molar-refractivity contribution >= 4 is 34.7 Å². The van der Waals surface area contributed by atoms with E-state index in [0.717, 1.165) is 0 Å². The number of rotatable bonds is 3. The Kier molecular flexibility index (Phi) is 4.17. The molecule has 0 saturated carbocycles. The van der Waals surface area contributed by atoms with Gasteiger partial charge in [-0.2, -0.15) is 5.10 Å². The smallest absolute Gasteiger partial charge is 0.276 e. The number of benzene rings is 1. The molecule has 0 aliphatic rings. The van der Waals surface area contributed by atoms with E-state index >= 15 is 0 Å². The number of fused-ring (bicyclic) bond motifs is 1. The van der Waals surface area contributed by atoms with Crippen LogP contribution in [-0.4, -0.2) is 25.5 Å². The highest BCUT2D eigenvalue weighted by molar-refractivity contribution is 6.31. The van der Waals surface area contributed by atoms with Gasteiger partial charge >= 0.3 is 0 Å². The lowest BCUT2D eigenvalue weighted by Crippen LogP contribution is -2.15. The van der Waals surface area contributed by atoms with Gasteiger partial charge < -0.3 is 11.1 Å². The second kappa shape index (κ2) is 6.65. The number of pyridine rings is 1. The summed E-state index contributed by atoms with van der Waals surface area (Å²) in [4.78, 5) is 20.6. The number of hydrogen-bond donors (Lipinski definition) is 2. The Hall–Kier alpha value is -3.52. The molecule has 134 valence electrons. The lowest BCUT2D eigenvalue weighted by Gasteiger charge is -2.07. The number of carbonyl (C=O) groups excluding carboxylic acids is 1. The molecule has 0 fully saturated rings. The first-order valence-corrected chi connectivity index (χ1v) is 8.23. The normalized spacial score (nSPS) is 10.9. The van der Waals surface area contributed by atoms with Crippen LogP contribution in [-0.2, 0) is 0 Å². The molecule has 0 aliphatic carbocycles. The van der Waals surface area contributed by atoms with Crippen molar-refractivity contribution in [2.45, 2.75) is 0 Å². The van der Waals surface area contributed by atoms with E-state index in [1.807, 2.05) is 0 Å². The third kappa shape index (κ3) is 3.18. The summed E-state index contributed by atoms with van der Waals surface area (Å²) in [7, 11) is 0. The van der Waals surface area contributed by atoms with Gasteiger partial charge in [-0.3, -0.25) is 4.79 Å². The Morgan fingerprint density at radius 3 is 2.85 bits per heavy atom. The summed E-state index contributed by atoms with van der Waals surface area (Å²) in [5, 5.41) is 7.04. The van der Waals surface area contributed by atoms with Crippen LogP contribution >= 0.6 is 11.6 Å². The lowest BCUT2D eigenvalue weighted by molar-refractivity contribution is 0.102. The highest BCUT2D eigenvalue weighted by Crippen LogP contribution is 2.26. The van der Waals surface area contributed by atoms with Crippen LogP contribution in [0.25, 0.3) is 16.9 Å². The van der Waals surface area contributed by atoms with Gasteiger partial charge in [0.25, 0.3) is 5.91 Å². The maximum Gasteiger partial charge on any atom is 0.276 e. The van der Waals surface area contributed by atoms with Gasteiger partial charge in [0.05, 0.1) is 16.9 Å². The average Bonchev–Trinajstić information content (AvgIpc) is 3.07. The molecule has 4 rings (SSSR count). The van der Waals surface area contributed by atoms with Crippen molar-refractivity contribution in [3.63, 3.8) is 0 Å². The van der Waals surface area contributed by atoms with E-state index in [0.29, 0.717) is 17.0 Å². The third-order valence-corrected chi connectivity index (χ3v) is 4.15. The van der Waals surface area contributed by atoms with Crippen LogP contribution in [0.4, 0.5) is 15.9 Å². The molecule has 0 bridgehead atoms. The van der Waals surface area contributed by atoms with Gasteiger partial charge in [0.1, 0.15) is 5.82 Å². The van der Waals surface area contributed by atoms with Gasteiger partial charge in [-0.25, -0.2) is 18.9 Å². The second-order valence-corrected chi connectivity index (χ2v) is 6.06. The fourth-order valence-electron chi connectivity index (χ4n) is 2.59. The topological polar surface area (TPSA) is 98.2 Å². The van der Waals surface area contributed by atoms with Crippen LogP contribution in [0.3, 0.4) is 0 Å². The van der Waals surface area contributed by atoms with E-state index in [4.69, 9.17) is 17.3 Å². The van der Waals surface area contributed by atoms with Crippen molar-refractivity contribution in [3.05, 3.63) is 71.4 Å². The first kappa shape index (κ1) is 16.9. The zero-order valence-electron chi connectivity index (χ0n) is 13.7. The number of nitrogens with zero attached hydrogens (tertiary/aromatic N) is 4. The van der Waals surface area contributed by atoms with Crippen LogP contribution in [0.5, 0.6) is 0 Å². The van der Waals surface area contributed by atoms with Crippen LogP contribution in [0.2, 0.25) is 5.02 Å². The Labute approximate surface area is 157 Å². The van der Waals surface area contributed by atoms with Gasteiger partial charge in [0.15, 0.2) is 17.2 Å². The second-order valence-electron chi connectivity index (χ2n) is 5.66. The number of anilines is 2. The number of nitrogen functional groups attached to an aromatic ring is 1. The molecule has 3 heterocycles. The minimum absolute atomic E-state index is 0.00623. The zero-order chi connectivity index (χ0) is 19.0. The number of nitrogens with two attached hydrogens (primary N) is 1. The Morgan fingerprint density at radius 1 is 1.19 bits per heavy atom. The number of hydrogen-bond acceptors (Lipinski definition) is 5. The SMILES string of the molecule is Nc1cc(NC(=O)c2cnc3ccc(-c4cccc(Cl)c4F)nn23)ccn1. The van der Waals surface area contributed by atoms with E-state index in [9.17, 15) is 9.18 Å². The first-order chi connectivity index (χ1) is 13.0. The highest BCUT2D eigenvalue weighted by Gasteiger charge is 2.16. The molecule has 3 N–H and O–H groups in total. The maximum atomic E-state index is 14.3. The standard InChI is InChI=1S/C18H12ClFN6O/c19-12-3-1-2-11(17(12)20)13-4-5-16-23-9-14(26(16)25-13)18(27)24-10-6-7-22-15(21)8-10/h1-9H,(H3,21,22,24,27). The summed E-state index contributed by atoms with van der Waals surface area (Å²) in [6.07, 6.45) is 2.87. The average molecular weight is 383 g/mol. The minimum Gasteiger partial charge on any atom is -0.384 e. The predicted octanol–water partition coefficient (Wildman–Crippen LogP) is 3.42. The van der Waals surface area contributed by atoms with Crippen molar-refractivity contribution in [3.8, 4) is 11.3 Å².